The van der Waals surface area contributed by atoms with Crippen LogP contribution in [0.25, 0.3) is 0 Å². The van der Waals surface area contributed by atoms with Crippen LogP contribution < -0.4 is 16.8 Å². The fourth-order valence-electron chi connectivity index (χ4n) is 1.23. The molecule has 1 aliphatic heterocycles. The molecule has 2 heterocycles. The first-order valence-electron chi connectivity index (χ1n) is 4.41. The van der Waals surface area contributed by atoms with Crippen molar-refractivity contribution in [2.24, 2.45) is 5.10 Å². The van der Waals surface area contributed by atoms with Gasteiger partial charge < -0.3 is 4.98 Å². The Morgan fingerprint density at radius 3 is 2.37 bits per heavy atom. The van der Waals surface area contributed by atoms with E-state index in [1.54, 1.807) is 5.53 Å². The number of aromatic nitrogens is 2. The Kier molecular flexibility index (Phi) is 2.98. The predicted octanol–water partition coefficient (Wildman–Crippen LogP) is -0.250. The molecule has 0 aliphatic carbocycles. The molecular formula is C6H3ClF4N6O2. The highest BCUT2D eigenvalue weighted by Crippen LogP contribution is 2.25. The molecule has 19 heavy (non-hydrogen) atoms. The highest BCUT2D eigenvalue weighted by atomic mass is 35.5. The van der Waals surface area contributed by atoms with Crippen molar-refractivity contribution in [2.75, 3.05) is 0 Å². The van der Waals surface area contributed by atoms with Gasteiger partial charge in [-0.15, -0.1) is 0 Å². The molecule has 0 amide bonds. The van der Waals surface area contributed by atoms with Gasteiger partial charge in [-0.1, -0.05) is 15.1 Å². The van der Waals surface area contributed by atoms with Crippen molar-refractivity contribution in [3.05, 3.63) is 32.6 Å². The number of H-pyrrole nitrogens is 1. The van der Waals surface area contributed by atoms with Crippen LogP contribution in [0.4, 0.5) is 17.7 Å². The van der Waals surface area contributed by atoms with Crippen LogP contribution in [-0.2, 0) is 6.18 Å². The van der Waals surface area contributed by atoms with Crippen molar-refractivity contribution >= 4 is 17.7 Å². The van der Waals surface area contributed by atoms with Gasteiger partial charge in [-0.25, -0.2) is 4.79 Å². The zero-order valence-electron chi connectivity index (χ0n) is 8.57. The molecular weight excluding hydrogens is 300 g/mol. The molecule has 0 aromatic carbocycles. The fourth-order valence-corrected chi connectivity index (χ4v) is 1.40. The predicted molar refractivity (Wildman–Crippen MR) is 52.9 cm³/mol. The summed E-state index contributed by atoms with van der Waals surface area (Å²) in [5.74, 6) is -0.746. The Labute approximate surface area is 105 Å². The first-order valence-corrected chi connectivity index (χ1v) is 4.74. The van der Waals surface area contributed by atoms with Gasteiger partial charge in [0.25, 0.3) is 11.5 Å². The van der Waals surface area contributed by atoms with E-state index in [1.165, 1.54) is 4.98 Å². The number of aromatic amines is 1. The highest BCUT2D eigenvalue weighted by molar-refractivity contribution is 6.21. The van der Waals surface area contributed by atoms with Gasteiger partial charge in [-0.05, 0) is 5.34 Å². The van der Waals surface area contributed by atoms with E-state index in [-0.39, 0.29) is 10.6 Å². The van der Waals surface area contributed by atoms with Gasteiger partial charge in [-0.2, -0.15) is 22.3 Å². The molecule has 0 atom stereocenters. The summed E-state index contributed by atoms with van der Waals surface area (Å²) in [6.07, 6.45) is -4.90. The second-order valence-electron chi connectivity index (χ2n) is 3.20. The number of hydrazine groups is 2. The van der Waals surface area contributed by atoms with Crippen molar-refractivity contribution in [3.63, 3.8) is 0 Å². The summed E-state index contributed by atoms with van der Waals surface area (Å²) in [7, 11) is 0. The zero-order chi connectivity index (χ0) is 14.4. The van der Waals surface area contributed by atoms with Crippen LogP contribution in [0.3, 0.4) is 0 Å². The van der Waals surface area contributed by atoms with Crippen LogP contribution in [0.5, 0.6) is 0 Å². The monoisotopic (exact) mass is 302 g/mol. The van der Waals surface area contributed by atoms with Gasteiger partial charge >= 0.3 is 11.9 Å². The quantitative estimate of drug-likeness (QED) is 0.510. The molecule has 0 unspecified atom stereocenters. The molecule has 2 N–H and O–H groups in total. The lowest BCUT2D eigenvalue weighted by Gasteiger charge is -2.11. The van der Waals surface area contributed by atoms with Crippen LogP contribution in [-0.4, -0.2) is 25.4 Å². The first-order chi connectivity index (χ1) is 8.70. The summed E-state index contributed by atoms with van der Waals surface area (Å²) in [6, 6.07) is 0.121. The average Bonchev–Trinajstić information content (AvgIpc) is 2.55. The maximum absolute atomic E-state index is 12.6. The van der Waals surface area contributed by atoms with Crippen molar-refractivity contribution in [3.8, 4) is 0 Å². The van der Waals surface area contributed by atoms with Crippen LogP contribution in [0.1, 0.15) is 5.69 Å². The number of hydrogen-bond donors (Lipinski definition) is 2. The number of nitrogens with zero attached hydrogens (tertiary/aromatic N) is 4. The summed E-state index contributed by atoms with van der Waals surface area (Å²) in [4.78, 5) is 24.3. The van der Waals surface area contributed by atoms with E-state index in [4.69, 9.17) is 11.8 Å². The lowest BCUT2D eigenvalue weighted by Crippen LogP contribution is -2.46. The second-order valence-corrected chi connectivity index (χ2v) is 3.54. The lowest BCUT2D eigenvalue weighted by atomic mass is 10.4. The van der Waals surface area contributed by atoms with E-state index in [2.05, 4.69) is 5.10 Å². The summed E-state index contributed by atoms with van der Waals surface area (Å²) in [5.41, 5.74) is -2.70. The molecule has 8 nitrogen and oxygen atoms in total. The van der Waals surface area contributed by atoms with Gasteiger partial charge in [0.15, 0.2) is 0 Å². The Morgan fingerprint density at radius 2 is 1.95 bits per heavy atom. The SMILES string of the molecule is O=c1cc(C(F)(F)F)[nH]c(=O)n1C1=NN(F)NN1Cl. The van der Waals surface area contributed by atoms with Crippen molar-refractivity contribution in [2.45, 2.75) is 6.18 Å². The number of rotatable bonds is 0. The fraction of sp³-hybridized carbons (Fsp3) is 0.167. The molecule has 1 aliphatic rings. The normalized spacial score (nSPS) is 15.9. The van der Waals surface area contributed by atoms with E-state index >= 15 is 0 Å². The summed E-state index contributed by atoms with van der Waals surface area (Å²) >= 11 is 5.36. The molecule has 1 aromatic heterocycles. The van der Waals surface area contributed by atoms with Gasteiger partial charge in [0.2, 0.25) is 0 Å². The second kappa shape index (κ2) is 4.24. The summed E-state index contributed by atoms with van der Waals surface area (Å²) in [6.45, 7) is 0. The minimum absolute atomic E-state index is 0.120. The largest absolute Gasteiger partial charge is 0.431 e. The third-order valence-corrected chi connectivity index (χ3v) is 2.19. The summed E-state index contributed by atoms with van der Waals surface area (Å²) in [5, 5.41) is 2.54. The van der Waals surface area contributed by atoms with E-state index < -0.39 is 34.4 Å². The lowest BCUT2D eigenvalue weighted by molar-refractivity contribution is -0.141. The molecule has 0 radical (unpaired) electrons. The number of halogens is 5. The van der Waals surface area contributed by atoms with Crippen LogP contribution in [0, 0.1) is 0 Å². The minimum Gasteiger partial charge on any atom is -0.303 e. The van der Waals surface area contributed by atoms with Crippen molar-refractivity contribution < 1.29 is 17.7 Å². The summed E-state index contributed by atoms with van der Waals surface area (Å²) < 4.78 is 50.1. The Bertz CT molecular complexity index is 619. The Morgan fingerprint density at radius 1 is 1.32 bits per heavy atom. The number of hydrazone groups is 1. The van der Waals surface area contributed by atoms with E-state index in [9.17, 15) is 27.2 Å². The van der Waals surface area contributed by atoms with Crippen molar-refractivity contribution in [1.29, 1.82) is 0 Å². The first kappa shape index (κ1) is 13.4. The minimum atomic E-state index is -4.90. The molecule has 1 aromatic rings. The molecule has 0 bridgehead atoms. The zero-order valence-corrected chi connectivity index (χ0v) is 9.33. The van der Waals surface area contributed by atoms with Crippen LogP contribution in [0.2, 0.25) is 0 Å². The smallest absolute Gasteiger partial charge is 0.303 e. The van der Waals surface area contributed by atoms with Crippen LogP contribution in [0.15, 0.2) is 20.8 Å². The Balaban J connectivity index is 2.59. The molecule has 13 heteroatoms. The van der Waals surface area contributed by atoms with E-state index in [1.807, 2.05) is 0 Å². The maximum atomic E-state index is 12.6. The number of hydrogen-bond acceptors (Lipinski definition) is 6. The Hall–Kier alpha value is -2.08. The average molecular weight is 303 g/mol. The highest BCUT2D eigenvalue weighted by Gasteiger charge is 2.34. The number of nitrogens with one attached hydrogen (secondary N) is 2. The topological polar surface area (TPSA) is 85.7 Å². The van der Waals surface area contributed by atoms with Gasteiger partial charge in [0.05, 0.1) is 0 Å². The molecule has 104 valence electrons. The van der Waals surface area contributed by atoms with Gasteiger partial charge in [-0.3, -0.25) is 4.79 Å². The molecule has 0 spiro atoms. The van der Waals surface area contributed by atoms with Gasteiger partial charge in [0.1, 0.15) is 5.69 Å². The molecule has 0 saturated heterocycles. The van der Waals surface area contributed by atoms with E-state index in [0.29, 0.717) is 4.53 Å². The maximum Gasteiger partial charge on any atom is 0.431 e. The van der Waals surface area contributed by atoms with Crippen molar-refractivity contribution in [1.82, 2.24) is 25.0 Å². The van der Waals surface area contributed by atoms with Gasteiger partial charge in [0, 0.05) is 17.8 Å². The molecule has 2 rings (SSSR count). The van der Waals surface area contributed by atoms with Crippen LogP contribution >= 0.6 is 11.8 Å². The van der Waals surface area contributed by atoms with E-state index in [0.717, 1.165) is 0 Å². The third-order valence-electron chi connectivity index (χ3n) is 1.96. The third kappa shape index (κ3) is 2.39. The molecule has 0 saturated carbocycles. The number of alkyl halides is 3. The molecule has 0 fully saturated rings. The standard InChI is InChI=1S/C6H3ClF4N6O2/c7-16-4(13-17(11)14-16)15-3(18)1-2(6(8,9)10)12-5(15)19/h1,14H,(H,12,19).